The van der Waals surface area contributed by atoms with Crippen molar-refractivity contribution < 1.29 is 37.7 Å². The van der Waals surface area contributed by atoms with E-state index in [1.165, 1.54) is 11.1 Å². The molecule has 11 heteroatoms. The molecule has 3 aliphatic rings. The van der Waals surface area contributed by atoms with Crippen LogP contribution in [0, 0.1) is 17.5 Å². The topological polar surface area (TPSA) is 102 Å². The van der Waals surface area contributed by atoms with Gasteiger partial charge in [0.05, 0.1) is 17.7 Å². The van der Waals surface area contributed by atoms with Gasteiger partial charge in [-0.1, -0.05) is 0 Å². The van der Waals surface area contributed by atoms with Crippen molar-refractivity contribution in [3.63, 3.8) is 0 Å². The number of rotatable bonds is 4. The molecule has 0 spiro atoms. The number of hydrogen-bond donors (Lipinski definition) is 3. The van der Waals surface area contributed by atoms with E-state index in [9.17, 15) is 33.0 Å². The van der Waals surface area contributed by atoms with Gasteiger partial charge in [-0.2, -0.15) is 0 Å². The zero-order chi connectivity index (χ0) is 23.2. The summed E-state index contributed by atoms with van der Waals surface area (Å²) in [4.78, 5) is 28.5. The van der Waals surface area contributed by atoms with E-state index in [1.54, 1.807) is 12.0 Å². The lowest BCUT2D eigenvalue weighted by Crippen LogP contribution is -2.55. The zero-order valence-corrected chi connectivity index (χ0v) is 17.1. The SMILES string of the molecule is COC1CCN2CC(C1)N1C=C(C(=O)NCc3c(F)cc(F)cc3F)C(O)C(O)=C1C2=O. The summed E-state index contributed by atoms with van der Waals surface area (Å²) in [6, 6.07) is 0.673. The molecule has 3 N–H and O–H groups in total. The molecule has 3 heterocycles. The number of ether oxygens (including phenoxy) is 1. The van der Waals surface area contributed by atoms with Crippen molar-refractivity contribution >= 4 is 11.8 Å². The lowest BCUT2D eigenvalue weighted by molar-refractivity contribution is -0.133. The number of fused-ring (bicyclic) bond motifs is 4. The molecule has 32 heavy (non-hydrogen) atoms. The molecule has 2 bridgehead atoms. The van der Waals surface area contributed by atoms with Crippen LogP contribution in [0.1, 0.15) is 18.4 Å². The Balaban J connectivity index is 1.59. The maximum Gasteiger partial charge on any atom is 0.274 e. The van der Waals surface area contributed by atoms with Gasteiger partial charge in [-0.05, 0) is 12.8 Å². The lowest BCUT2D eigenvalue weighted by Gasteiger charge is -2.43. The average molecular weight is 453 g/mol. The molecule has 3 unspecified atom stereocenters. The molecule has 4 rings (SSSR count). The second-order valence-electron chi connectivity index (χ2n) is 7.95. The van der Waals surface area contributed by atoms with Crippen molar-refractivity contribution in [2.45, 2.75) is 37.6 Å². The van der Waals surface area contributed by atoms with E-state index in [-0.39, 0.29) is 23.4 Å². The molecule has 0 aliphatic carbocycles. The Morgan fingerprint density at radius 2 is 1.97 bits per heavy atom. The molecular weight excluding hydrogens is 431 g/mol. The largest absolute Gasteiger partial charge is 0.507 e. The van der Waals surface area contributed by atoms with Gasteiger partial charge in [-0.25, -0.2) is 13.2 Å². The highest BCUT2D eigenvalue weighted by Crippen LogP contribution is 2.35. The van der Waals surface area contributed by atoms with Crippen LogP contribution in [0.2, 0.25) is 0 Å². The summed E-state index contributed by atoms with van der Waals surface area (Å²) in [5.74, 6) is -5.48. The van der Waals surface area contributed by atoms with Gasteiger partial charge in [0.2, 0.25) is 0 Å². The molecule has 3 aliphatic heterocycles. The monoisotopic (exact) mass is 453 g/mol. The van der Waals surface area contributed by atoms with Crippen molar-refractivity contribution in [1.29, 1.82) is 0 Å². The van der Waals surface area contributed by atoms with Crippen molar-refractivity contribution in [2.75, 3.05) is 20.2 Å². The minimum Gasteiger partial charge on any atom is -0.507 e. The molecular formula is C21H22F3N3O5. The fourth-order valence-corrected chi connectivity index (χ4v) is 4.29. The quantitative estimate of drug-likeness (QED) is 0.631. The molecule has 0 aromatic heterocycles. The highest BCUT2D eigenvalue weighted by Gasteiger charge is 2.45. The van der Waals surface area contributed by atoms with Gasteiger partial charge in [0.1, 0.15) is 29.3 Å². The van der Waals surface area contributed by atoms with Gasteiger partial charge in [0, 0.05) is 50.6 Å². The predicted octanol–water partition coefficient (Wildman–Crippen LogP) is 1.07. The summed E-state index contributed by atoms with van der Waals surface area (Å²) in [7, 11) is 1.56. The average Bonchev–Trinajstić information content (AvgIpc) is 2.94. The first-order chi connectivity index (χ1) is 15.2. The van der Waals surface area contributed by atoms with E-state index in [4.69, 9.17) is 4.74 Å². The minimum absolute atomic E-state index is 0.113. The van der Waals surface area contributed by atoms with Crippen LogP contribution in [0.3, 0.4) is 0 Å². The van der Waals surface area contributed by atoms with Gasteiger partial charge < -0.3 is 30.1 Å². The van der Waals surface area contributed by atoms with Crippen LogP contribution in [0.4, 0.5) is 13.2 Å². The van der Waals surface area contributed by atoms with E-state index < -0.39 is 53.2 Å². The molecule has 1 aromatic rings. The fraction of sp³-hybridized carbons (Fsp3) is 0.429. The van der Waals surface area contributed by atoms with Crippen molar-refractivity contribution in [3.8, 4) is 0 Å². The molecule has 0 saturated carbocycles. The Hall–Kier alpha value is -3.05. The predicted molar refractivity (Wildman–Crippen MR) is 104 cm³/mol. The Kier molecular flexibility index (Phi) is 5.87. The maximum atomic E-state index is 13.9. The van der Waals surface area contributed by atoms with Crippen LogP contribution >= 0.6 is 0 Å². The van der Waals surface area contributed by atoms with Crippen LogP contribution in [-0.2, 0) is 20.9 Å². The number of hydrogen-bond acceptors (Lipinski definition) is 6. The van der Waals surface area contributed by atoms with Crippen molar-refractivity contribution in [2.24, 2.45) is 0 Å². The van der Waals surface area contributed by atoms with E-state index in [0.29, 0.717) is 38.1 Å². The van der Waals surface area contributed by atoms with Crippen LogP contribution in [-0.4, -0.2) is 70.3 Å². The Morgan fingerprint density at radius 3 is 2.62 bits per heavy atom. The van der Waals surface area contributed by atoms with E-state index in [1.807, 2.05) is 0 Å². The summed E-state index contributed by atoms with van der Waals surface area (Å²) in [6.07, 6.45) is 0.457. The third kappa shape index (κ3) is 3.82. The molecule has 2 saturated heterocycles. The summed E-state index contributed by atoms with van der Waals surface area (Å²) >= 11 is 0. The second-order valence-corrected chi connectivity index (χ2v) is 7.95. The molecule has 172 valence electrons. The first-order valence-electron chi connectivity index (χ1n) is 10.1. The van der Waals surface area contributed by atoms with Crippen LogP contribution in [0.25, 0.3) is 0 Å². The van der Waals surface area contributed by atoms with E-state index in [2.05, 4.69) is 5.32 Å². The number of carbonyl (C=O) groups is 2. The third-order valence-corrected chi connectivity index (χ3v) is 6.03. The number of benzene rings is 1. The molecule has 8 nitrogen and oxygen atoms in total. The summed E-state index contributed by atoms with van der Waals surface area (Å²) in [6.45, 7) is 0.170. The maximum absolute atomic E-state index is 13.9. The van der Waals surface area contributed by atoms with Gasteiger partial charge >= 0.3 is 0 Å². The van der Waals surface area contributed by atoms with E-state index in [0.717, 1.165) is 0 Å². The third-order valence-electron chi connectivity index (χ3n) is 6.03. The number of piperazine rings is 1. The number of nitrogens with zero attached hydrogens (tertiary/aromatic N) is 2. The Bertz CT molecular complexity index is 1000. The first kappa shape index (κ1) is 22.2. The number of nitrogens with one attached hydrogen (secondary N) is 1. The fourth-order valence-electron chi connectivity index (χ4n) is 4.29. The minimum atomic E-state index is -1.80. The Morgan fingerprint density at radius 1 is 1.28 bits per heavy atom. The number of aliphatic hydroxyl groups excluding tert-OH is 2. The van der Waals surface area contributed by atoms with E-state index >= 15 is 0 Å². The highest BCUT2D eigenvalue weighted by molar-refractivity contribution is 5.99. The second kappa shape index (κ2) is 8.47. The summed E-state index contributed by atoms with van der Waals surface area (Å²) < 4.78 is 46.2. The van der Waals surface area contributed by atoms with Gasteiger partial charge in [-0.3, -0.25) is 9.59 Å². The summed E-state index contributed by atoms with van der Waals surface area (Å²) in [5, 5.41) is 23.3. The summed E-state index contributed by atoms with van der Waals surface area (Å²) in [5.41, 5.74) is -0.965. The molecule has 3 atom stereocenters. The van der Waals surface area contributed by atoms with Crippen LogP contribution in [0.15, 0.2) is 35.4 Å². The van der Waals surface area contributed by atoms with Gasteiger partial charge in [0.15, 0.2) is 5.76 Å². The van der Waals surface area contributed by atoms with Crippen molar-refractivity contribution in [3.05, 3.63) is 58.4 Å². The lowest BCUT2D eigenvalue weighted by atomic mass is 9.96. The number of carbonyl (C=O) groups excluding carboxylic acids is 2. The number of aliphatic hydroxyl groups is 2. The standard InChI is InChI=1S/C21H22F3N3O5/c1-32-12-2-3-26-8-11(6-12)27-9-14(18(28)19(29)17(27)21(26)31)20(30)25-7-13-15(23)4-10(22)5-16(13)24/h4-5,9,11-12,18,28-29H,2-3,6-8H2,1H3,(H,25,30). The van der Waals surface area contributed by atoms with Gasteiger partial charge in [-0.15, -0.1) is 0 Å². The molecule has 1 aromatic carbocycles. The molecule has 2 amide bonds. The normalized spacial score (nSPS) is 25.3. The Labute approximate surface area is 181 Å². The highest BCUT2D eigenvalue weighted by atomic mass is 19.1. The van der Waals surface area contributed by atoms with Crippen LogP contribution in [0.5, 0.6) is 0 Å². The smallest absolute Gasteiger partial charge is 0.274 e. The molecule has 2 fully saturated rings. The zero-order valence-electron chi connectivity index (χ0n) is 17.1. The first-order valence-corrected chi connectivity index (χ1v) is 10.1. The van der Waals surface area contributed by atoms with Crippen LogP contribution < -0.4 is 5.32 Å². The molecule has 0 radical (unpaired) electrons. The number of amides is 2. The van der Waals surface area contributed by atoms with Gasteiger partial charge in [0.25, 0.3) is 11.8 Å². The number of halogens is 3. The number of methoxy groups -OCH3 is 1. The van der Waals surface area contributed by atoms with Crippen molar-refractivity contribution in [1.82, 2.24) is 15.1 Å².